The average molecular weight is 617 g/mol. The lowest BCUT2D eigenvalue weighted by atomic mass is 9.62. The Balaban J connectivity index is 1.43. The molecule has 10 rings (SSSR count). The first-order chi connectivity index (χ1) is 23.6. The highest BCUT2D eigenvalue weighted by Gasteiger charge is 2.49. The minimum Gasteiger partial charge on any atom is -0.457 e. The molecule has 0 saturated carbocycles. The first-order valence-electron chi connectivity index (χ1n) is 16.6. The molecule has 2 aliphatic rings. The third-order valence-corrected chi connectivity index (χ3v) is 10.6. The molecule has 1 unspecified atom stereocenters. The van der Waals surface area contributed by atoms with Gasteiger partial charge in [-0.3, -0.25) is 0 Å². The predicted octanol–water partition coefficient (Wildman–Crippen LogP) is 9.63. The number of fused-ring (bicyclic) bond motifs is 13. The van der Waals surface area contributed by atoms with E-state index in [2.05, 4.69) is 169 Å². The Morgan fingerprint density at radius 1 is 0.583 bits per heavy atom. The van der Waals surface area contributed by atoms with Crippen molar-refractivity contribution in [2.45, 2.75) is 19.3 Å². The van der Waals surface area contributed by atoms with Crippen LogP contribution in [0.25, 0.3) is 55.7 Å². The predicted molar refractivity (Wildman–Crippen MR) is 198 cm³/mol. The number of nitrogens with zero attached hydrogens (tertiary/aromatic N) is 2. The Labute approximate surface area is 278 Å². The number of hydrogen-bond donors (Lipinski definition) is 0. The molecule has 228 valence electrons. The normalized spacial score (nSPS) is 16.5. The molecule has 0 radical (unpaired) electrons. The molecule has 0 bridgehead atoms. The van der Waals surface area contributed by atoms with E-state index >= 15 is 0 Å². The third kappa shape index (κ3) is 3.33. The maximum atomic E-state index is 6.95. The molecule has 1 atom stereocenters. The molecule has 0 N–H and O–H groups in total. The second-order valence-electron chi connectivity index (χ2n) is 13.1. The van der Waals surface area contributed by atoms with Gasteiger partial charge in [-0.25, -0.2) is 0 Å². The highest BCUT2D eigenvalue weighted by atomic mass is 16.5. The molecule has 48 heavy (non-hydrogen) atoms. The lowest BCUT2D eigenvalue weighted by Gasteiger charge is -2.44. The summed E-state index contributed by atoms with van der Waals surface area (Å²) in [5.74, 6) is 1.76. The molecule has 0 aliphatic carbocycles. The molecule has 6 aromatic carbocycles. The highest BCUT2D eigenvalue weighted by molar-refractivity contribution is 6.10. The van der Waals surface area contributed by atoms with Crippen molar-refractivity contribution in [1.29, 1.82) is 0 Å². The van der Waals surface area contributed by atoms with Gasteiger partial charge in [-0.15, -0.1) is 0 Å². The summed E-state index contributed by atoms with van der Waals surface area (Å²) in [7, 11) is 0. The summed E-state index contributed by atoms with van der Waals surface area (Å²) in [6, 6.07) is 48.5. The van der Waals surface area contributed by atoms with Gasteiger partial charge in [0.2, 0.25) is 0 Å². The van der Waals surface area contributed by atoms with E-state index in [1.54, 1.807) is 0 Å². The van der Waals surface area contributed by atoms with Crippen molar-refractivity contribution in [3.05, 3.63) is 179 Å². The maximum absolute atomic E-state index is 6.95. The van der Waals surface area contributed by atoms with E-state index in [9.17, 15) is 0 Å². The first-order valence-corrected chi connectivity index (χ1v) is 16.6. The van der Waals surface area contributed by atoms with Gasteiger partial charge in [0.1, 0.15) is 11.5 Å². The molecule has 1 spiro atoms. The van der Waals surface area contributed by atoms with Crippen LogP contribution in [0, 0.1) is 6.92 Å². The Kier molecular flexibility index (Phi) is 5.49. The van der Waals surface area contributed by atoms with Crippen LogP contribution in [0.2, 0.25) is 0 Å². The maximum Gasteiger partial charge on any atom is 0.134 e. The van der Waals surface area contributed by atoms with Crippen LogP contribution in [0.4, 0.5) is 0 Å². The van der Waals surface area contributed by atoms with E-state index < -0.39 is 5.41 Å². The minimum absolute atomic E-state index is 0.601. The Hall–Kier alpha value is -6.06. The zero-order chi connectivity index (χ0) is 32.1. The molecular formula is C45H32N2O. The van der Waals surface area contributed by atoms with Crippen LogP contribution in [0.3, 0.4) is 0 Å². The quantitative estimate of drug-likeness (QED) is 0.189. The number of aryl methyl sites for hydroxylation is 1. The van der Waals surface area contributed by atoms with Crippen LogP contribution in [-0.4, -0.2) is 9.13 Å². The molecule has 2 aromatic heterocycles. The molecule has 4 heterocycles. The third-order valence-electron chi connectivity index (χ3n) is 10.6. The van der Waals surface area contributed by atoms with Crippen molar-refractivity contribution in [1.82, 2.24) is 9.13 Å². The number of aromatic nitrogens is 2. The molecule has 2 aliphatic heterocycles. The van der Waals surface area contributed by atoms with Crippen molar-refractivity contribution in [2.24, 2.45) is 0 Å². The van der Waals surface area contributed by atoms with E-state index in [-0.39, 0.29) is 0 Å². The van der Waals surface area contributed by atoms with E-state index in [4.69, 9.17) is 4.74 Å². The lowest BCUT2D eigenvalue weighted by molar-refractivity contribution is 0.438. The van der Waals surface area contributed by atoms with Crippen LogP contribution < -0.4 is 15.3 Å². The fourth-order valence-corrected chi connectivity index (χ4v) is 8.71. The van der Waals surface area contributed by atoms with Gasteiger partial charge >= 0.3 is 0 Å². The molecule has 8 aromatic rings. The van der Waals surface area contributed by atoms with Crippen LogP contribution in [0.5, 0.6) is 11.5 Å². The minimum atomic E-state index is -0.601. The number of hydrogen-bond acceptors (Lipinski definition) is 1. The summed E-state index contributed by atoms with van der Waals surface area (Å²) in [4.78, 5) is 0. The second kappa shape index (κ2) is 9.73. The lowest BCUT2D eigenvalue weighted by Crippen LogP contribution is -2.46. The number of ether oxygens (including phenoxy) is 1. The first kappa shape index (κ1) is 27.1. The Morgan fingerprint density at radius 3 is 2.04 bits per heavy atom. The van der Waals surface area contributed by atoms with Gasteiger partial charge in [-0.2, -0.15) is 0 Å². The standard InChI is InChI=1S/C45H32N2O/c1-4-13-33-31-14-5-10-19-39(31)47-40-20-11-7-16-35(40)45(29(3)44(33)47)36-17-8-12-21-42(36)48-43-27-41-34(26-37(43)45)32-15-6-9-18-38(32)46(41)30-24-22-28(2)23-25-30/h4-27H,1H2,2-3H3/b33-13-. The number of allylic oxidation sites excluding steroid dienone is 1. The van der Waals surface area contributed by atoms with Crippen molar-refractivity contribution < 1.29 is 4.74 Å². The summed E-state index contributed by atoms with van der Waals surface area (Å²) in [5.41, 5.74) is 11.3. The summed E-state index contributed by atoms with van der Waals surface area (Å²) < 4.78 is 11.8. The summed E-state index contributed by atoms with van der Waals surface area (Å²) in [6.07, 6.45) is 4.09. The summed E-state index contributed by atoms with van der Waals surface area (Å²) in [5, 5.41) is 6.05. The molecule has 0 amide bonds. The van der Waals surface area contributed by atoms with Crippen molar-refractivity contribution >= 4 is 44.4 Å². The molecule has 3 nitrogen and oxygen atoms in total. The average Bonchev–Trinajstić information content (AvgIpc) is 3.62. The van der Waals surface area contributed by atoms with Crippen LogP contribution in [0.15, 0.2) is 146 Å². The van der Waals surface area contributed by atoms with Gasteiger partial charge in [-0.1, -0.05) is 109 Å². The zero-order valence-corrected chi connectivity index (χ0v) is 26.9. The molecule has 0 saturated heterocycles. The fraction of sp³-hybridized carbons (Fsp3) is 0.0667. The SMILES string of the molecule is C=C/C=c1\c2n(c3ccccc13)-c1ccccc1C1(C=2C)c2ccccc2Oc2cc3c(cc21)c1ccccc1n3-c1ccc(C)cc1. The van der Waals surface area contributed by atoms with Gasteiger partial charge in [0.25, 0.3) is 0 Å². The largest absolute Gasteiger partial charge is 0.457 e. The van der Waals surface area contributed by atoms with Gasteiger partial charge in [-0.05, 0) is 67.4 Å². The topological polar surface area (TPSA) is 19.1 Å². The van der Waals surface area contributed by atoms with Crippen molar-refractivity contribution in [2.75, 3.05) is 0 Å². The van der Waals surface area contributed by atoms with Crippen molar-refractivity contribution in [3.63, 3.8) is 0 Å². The molecule has 3 heteroatoms. The van der Waals surface area contributed by atoms with Gasteiger partial charge < -0.3 is 13.9 Å². The Morgan fingerprint density at radius 2 is 1.25 bits per heavy atom. The zero-order valence-electron chi connectivity index (χ0n) is 26.9. The fourth-order valence-electron chi connectivity index (χ4n) is 8.71. The van der Waals surface area contributed by atoms with Crippen LogP contribution >= 0.6 is 0 Å². The second-order valence-corrected chi connectivity index (χ2v) is 13.1. The monoisotopic (exact) mass is 616 g/mol. The molecule has 0 fully saturated rings. The number of para-hydroxylation sites is 4. The highest BCUT2D eigenvalue weighted by Crippen LogP contribution is 2.58. The van der Waals surface area contributed by atoms with Gasteiger partial charge in [0, 0.05) is 44.3 Å². The van der Waals surface area contributed by atoms with E-state index in [0.29, 0.717) is 0 Å². The van der Waals surface area contributed by atoms with E-state index in [0.717, 1.165) is 33.8 Å². The van der Waals surface area contributed by atoms with Gasteiger partial charge in [0.15, 0.2) is 0 Å². The summed E-state index contributed by atoms with van der Waals surface area (Å²) >= 11 is 0. The van der Waals surface area contributed by atoms with Crippen LogP contribution in [-0.2, 0) is 5.41 Å². The number of benzene rings is 6. The molecular weight excluding hydrogens is 585 g/mol. The van der Waals surface area contributed by atoms with Crippen molar-refractivity contribution in [3.8, 4) is 22.9 Å². The van der Waals surface area contributed by atoms with E-state index in [1.807, 2.05) is 6.08 Å². The Bertz CT molecular complexity index is 2790. The van der Waals surface area contributed by atoms with Crippen LogP contribution in [0.1, 0.15) is 29.2 Å². The number of rotatable bonds is 2. The smallest absolute Gasteiger partial charge is 0.134 e. The van der Waals surface area contributed by atoms with E-state index in [1.165, 1.54) is 60.1 Å². The van der Waals surface area contributed by atoms with Gasteiger partial charge in [0.05, 0.1) is 33.0 Å². The summed E-state index contributed by atoms with van der Waals surface area (Å²) in [6.45, 7) is 8.60.